The minimum Gasteiger partial charge on any atom is -0.393 e. The van der Waals surface area contributed by atoms with Crippen molar-refractivity contribution in [3.63, 3.8) is 0 Å². The molecular weight excluding hydrogens is 272 g/mol. The average molecular weight is 290 g/mol. The summed E-state index contributed by atoms with van der Waals surface area (Å²) in [5.74, 6) is 0.0811. The molecule has 0 aliphatic carbocycles. The SMILES string of the molecule is CCn1c(C(C)C)c(N)c(=O)n1-c1cccc([N+](=O)[O-])c1. The van der Waals surface area contributed by atoms with E-state index in [9.17, 15) is 14.9 Å². The number of aromatic nitrogens is 2. The number of nitrogens with zero attached hydrogens (tertiary/aromatic N) is 3. The Balaban J connectivity index is 2.75. The van der Waals surface area contributed by atoms with Gasteiger partial charge in [-0.15, -0.1) is 0 Å². The van der Waals surface area contributed by atoms with Crippen molar-refractivity contribution in [3.05, 3.63) is 50.4 Å². The van der Waals surface area contributed by atoms with Gasteiger partial charge in [-0.3, -0.25) is 19.6 Å². The van der Waals surface area contributed by atoms with Gasteiger partial charge in [0.1, 0.15) is 5.69 Å². The lowest BCUT2D eigenvalue weighted by molar-refractivity contribution is -0.384. The number of rotatable bonds is 4. The van der Waals surface area contributed by atoms with E-state index in [-0.39, 0.29) is 22.9 Å². The van der Waals surface area contributed by atoms with Crippen LogP contribution in [-0.4, -0.2) is 14.3 Å². The van der Waals surface area contributed by atoms with Gasteiger partial charge in [0, 0.05) is 18.7 Å². The summed E-state index contributed by atoms with van der Waals surface area (Å²) in [6, 6.07) is 5.97. The van der Waals surface area contributed by atoms with Gasteiger partial charge in [0.15, 0.2) is 0 Å². The fourth-order valence-electron chi connectivity index (χ4n) is 2.50. The van der Waals surface area contributed by atoms with Crippen LogP contribution in [0.5, 0.6) is 0 Å². The summed E-state index contributed by atoms with van der Waals surface area (Å²) in [7, 11) is 0. The molecule has 0 aliphatic rings. The predicted octanol–water partition coefficient (Wildman–Crippen LogP) is 2.27. The zero-order valence-corrected chi connectivity index (χ0v) is 12.2. The van der Waals surface area contributed by atoms with E-state index in [1.807, 2.05) is 20.8 Å². The first kappa shape index (κ1) is 14.8. The second-order valence-corrected chi connectivity index (χ2v) is 5.06. The molecule has 1 heterocycles. The highest BCUT2D eigenvalue weighted by Crippen LogP contribution is 2.23. The molecule has 0 radical (unpaired) electrons. The number of anilines is 1. The molecule has 2 aromatic rings. The maximum Gasteiger partial charge on any atom is 0.294 e. The Hall–Kier alpha value is -2.57. The minimum atomic E-state index is -0.486. The third-order valence-corrected chi connectivity index (χ3v) is 3.35. The molecule has 0 saturated heterocycles. The number of nitrogens with two attached hydrogens (primary N) is 1. The number of hydrogen-bond donors (Lipinski definition) is 1. The third kappa shape index (κ3) is 2.42. The van der Waals surface area contributed by atoms with Gasteiger partial charge in [0.25, 0.3) is 11.2 Å². The maximum atomic E-state index is 12.4. The number of benzene rings is 1. The highest BCUT2D eigenvalue weighted by atomic mass is 16.6. The zero-order chi connectivity index (χ0) is 15.7. The molecule has 2 rings (SSSR count). The molecule has 7 heteroatoms. The van der Waals surface area contributed by atoms with Crippen molar-refractivity contribution in [3.8, 4) is 5.69 Å². The molecule has 0 saturated carbocycles. The van der Waals surface area contributed by atoms with Crippen LogP contribution >= 0.6 is 0 Å². The van der Waals surface area contributed by atoms with Crippen molar-refractivity contribution >= 4 is 11.4 Å². The summed E-state index contributed by atoms with van der Waals surface area (Å²) in [5.41, 5.74) is 6.90. The number of non-ortho nitro benzene ring substituents is 1. The van der Waals surface area contributed by atoms with Gasteiger partial charge in [-0.05, 0) is 18.9 Å². The van der Waals surface area contributed by atoms with Crippen molar-refractivity contribution in [1.29, 1.82) is 0 Å². The summed E-state index contributed by atoms with van der Waals surface area (Å²) in [6.07, 6.45) is 0. The van der Waals surface area contributed by atoms with Gasteiger partial charge in [-0.2, -0.15) is 0 Å². The molecule has 0 amide bonds. The minimum absolute atomic E-state index is 0.0621. The van der Waals surface area contributed by atoms with Crippen LogP contribution in [0.2, 0.25) is 0 Å². The smallest absolute Gasteiger partial charge is 0.294 e. The van der Waals surface area contributed by atoms with Gasteiger partial charge in [0.05, 0.1) is 16.3 Å². The zero-order valence-electron chi connectivity index (χ0n) is 12.2. The van der Waals surface area contributed by atoms with Crippen molar-refractivity contribution < 1.29 is 4.92 Å². The number of hydrogen-bond acceptors (Lipinski definition) is 4. The third-order valence-electron chi connectivity index (χ3n) is 3.35. The van der Waals surface area contributed by atoms with Crippen LogP contribution in [0.1, 0.15) is 32.4 Å². The van der Waals surface area contributed by atoms with Gasteiger partial charge in [0.2, 0.25) is 0 Å². The van der Waals surface area contributed by atoms with Crippen LogP contribution in [0.3, 0.4) is 0 Å². The molecule has 0 spiro atoms. The maximum absolute atomic E-state index is 12.4. The standard InChI is InChI=1S/C14H18N4O3/c1-4-16-13(9(2)3)12(15)14(19)17(16)10-6-5-7-11(8-10)18(20)21/h5-9H,4,15H2,1-3H3. The van der Waals surface area contributed by atoms with Crippen LogP contribution in [0.15, 0.2) is 29.1 Å². The van der Waals surface area contributed by atoms with E-state index in [4.69, 9.17) is 5.73 Å². The fraction of sp³-hybridized carbons (Fsp3) is 0.357. The van der Waals surface area contributed by atoms with Crippen molar-refractivity contribution in [2.45, 2.75) is 33.2 Å². The number of nitrogen functional groups attached to an aromatic ring is 1. The largest absolute Gasteiger partial charge is 0.393 e. The molecule has 1 aromatic carbocycles. The van der Waals surface area contributed by atoms with Crippen molar-refractivity contribution in [2.75, 3.05) is 5.73 Å². The Kier molecular flexibility index (Phi) is 3.84. The summed E-state index contributed by atoms with van der Waals surface area (Å²) >= 11 is 0. The molecule has 21 heavy (non-hydrogen) atoms. The van der Waals surface area contributed by atoms with Crippen LogP contribution < -0.4 is 11.3 Å². The molecule has 7 nitrogen and oxygen atoms in total. The second-order valence-electron chi connectivity index (χ2n) is 5.06. The van der Waals surface area contributed by atoms with Crippen LogP contribution in [0.4, 0.5) is 11.4 Å². The fourth-order valence-corrected chi connectivity index (χ4v) is 2.50. The number of nitro groups is 1. The van der Waals surface area contributed by atoms with E-state index < -0.39 is 4.92 Å². The topological polar surface area (TPSA) is 96.1 Å². The molecule has 112 valence electrons. The molecular formula is C14H18N4O3. The van der Waals surface area contributed by atoms with Gasteiger partial charge < -0.3 is 5.73 Å². The average Bonchev–Trinajstić information content (AvgIpc) is 2.70. The summed E-state index contributed by atoms with van der Waals surface area (Å²) in [6.45, 7) is 6.35. The predicted molar refractivity (Wildman–Crippen MR) is 80.9 cm³/mol. The molecule has 2 N–H and O–H groups in total. The van der Waals surface area contributed by atoms with E-state index in [1.165, 1.54) is 16.8 Å². The van der Waals surface area contributed by atoms with Gasteiger partial charge in [-0.1, -0.05) is 19.9 Å². The first-order chi connectivity index (χ1) is 9.88. The van der Waals surface area contributed by atoms with Gasteiger partial charge >= 0.3 is 0 Å². The first-order valence-corrected chi connectivity index (χ1v) is 6.74. The van der Waals surface area contributed by atoms with E-state index in [1.54, 1.807) is 16.8 Å². The second kappa shape index (κ2) is 5.43. The highest BCUT2D eigenvalue weighted by Gasteiger charge is 2.21. The number of nitro benzene ring substituents is 1. The van der Waals surface area contributed by atoms with Crippen LogP contribution in [0.25, 0.3) is 5.69 Å². The Morgan fingerprint density at radius 1 is 1.38 bits per heavy atom. The Labute approximate surface area is 121 Å². The van der Waals surface area contributed by atoms with Crippen LogP contribution in [-0.2, 0) is 6.54 Å². The lowest BCUT2D eigenvalue weighted by Crippen LogP contribution is -2.22. The lowest BCUT2D eigenvalue weighted by Gasteiger charge is -2.14. The van der Waals surface area contributed by atoms with E-state index in [0.29, 0.717) is 12.2 Å². The Morgan fingerprint density at radius 3 is 2.57 bits per heavy atom. The molecule has 1 aromatic heterocycles. The molecule has 0 fully saturated rings. The van der Waals surface area contributed by atoms with Crippen molar-refractivity contribution in [1.82, 2.24) is 9.36 Å². The molecule has 0 atom stereocenters. The highest BCUT2D eigenvalue weighted by molar-refractivity contribution is 5.49. The molecule has 0 unspecified atom stereocenters. The normalized spacial score (nSPS) is 11.0. The summed E-state index contributed by atoms with van der Waals surface area (Å²) < 4.78 is 3.17. The quantitative estimate of drug-likeness (QED) is 0.690. The van der Waals surface area contributed by atoms with E-state index in [0.717, 1.165) is 5.69 Å². The summed E-state index contributed by atoms with van der Waals surface area (Å²) in [4.78, 5) is 22.8. The summed E-state index contributed by atoms with van der Waals surface area (Å²) in [5, 5.41) is 10.9. The molecule has 0 bridgehead atoms. The lowest BCUT2D eigenvalue weighted by atomic mass is 10.1. The Morgan fingerprint density at radius 2 is 2.05 bits per heavy atom. The molecule has 0 aliphatic heterocycles. The monoisotopic (exact) mass is 290 g/mol. The van der Waals surface area contributed by atoms with Gasteiger partial charge in [-0.25, -0.2) is 4.68 Å². The van der Waals surface area contributed by atoms with E-state index in [2.05, 4.69) is 0 Å². The first-order valence-electron chi connectivity index (χ1n) is 6.74. The van der Waals surface area contributed by atoms with Crippen LogP contribution in [0, 0.1) is 10.1 Å². The van der Waals surface area contributed by atoms with Crippen molar-refractivity contribution in [2.24, 2.45) is 0 Å². The van der Waals surface area contributed by atoms with E-state index >= 15 is 0 Å². The Bertz CT molecular complexity index is 743.